The van der Waals surface area contributed by atoms with Crippen LogP contribution < -0.4 is 5.32 Å². The van der Waals surface area contributed by atoms with E-state index in [0.717, 1.165) is 13.0 Å². The summed E-state index contributed by atoms with van der Waals surface area (Å²) in [5.41, 5.74) is 0. The van der Waals surface area contributed by atoms with E-state index in [0.29, 0.717) is 18.4 Å². The predicted molar refractivity (Wildman–Crippen MR) is 37.8 cm³/mol. The molecule has 3 heteroatoms. The molecule has 0 aliphatic carbocycles. The Morgan fingerprint density at radius 1 is 1.80 bits per heavy atom. The molecule has 0 aromatic carbocycles. The molecule has 0 saturated carbocycles. The van der Waals surface area contributed by atoms with E-state index in [9.17, 15) is 4.79 Å². The summed E-state index contributed by atoms with van der Waals surface area (Å²) >= 11 is 0. The summed E-state index contributed by atoms with van der Waals surface area (Å²) < 4.78 is 0. The van der Waals surface area contributed by atoms with Crippen molar-refractivity contribution in [2.24, 2.45) is 5.92 Å². The van der Waals surface area contributed by atoms with E-state index in [1.165, 1.54) is 0 Å². The number of carboxylic acid groups (broad SMARTS) is 1. The van der Waals surface area contributed by atoms with E-state index in [-0.39, 0.29) is 0 Å². The third-order valence-corrected chi connectivity index (χ3v) is 2.13. The standard InChI is InChI=1S/C7H13NO2/c1-5-6(2-3-8-5)4-7(9)10/h5-6,8H,2-4H2,1H3,(H,9,10). The van der Waals surface area contributed by atoms with E-state index < -0.39 is 5.97 Å². The van der Waals surface area contributed by atoms with Crippen molar-refractivity contribution < 1.29 is 9.90 Å². The molecule has 1 fully saturated rings. The first-order valence-corrected chi connectivity index (χ1v) is 3.65. The Hall–Kier alpha value is -0.570. The average Bonchev–Trinajstić information content (AvgIpc) is 2.15. The van der Waals surface area contributed by atoms with Crippen LogP contribution in [0.2, 0.25) is 0 Å². The van der Waals surface area contributed by atoms with Gasteiger partial charge in [0.2, 0.25) is 0 Å². The molecule has 2 atom stereocenters. The maximum absolute atomic E-state index is 10.3. The van der Waals surface area contributed by atoms with Crippen LogP contribution in [0.25, 0.3) is 0 Å². The van der Waals surface area contributed by atoms with Crippen LogP contribution in [-0.2, 0) is 4.79 Å². The van der Waals surface area contributed by atoms with Gasteiger partial charge in [-0.15, -0.1) is 0 Å². The van der Waals surface area contributed by atoms with E-state index in [1.54, 1.807) is 0 Å². The molecule has 1 rings (SSSR count). The molecule has 58 valence electrons. The molecular weight excluding hydrogens is 130 g/mol. The molecule has 2 unspecified atom stereocenters. The van der Waals surface area contributed by atoms with Gasteiger partial charge in [-0.05, 0) is 25.8 Å². The summed E-state index contributed by atoms with van der Waals surface area (Å²) in [4.78, 5) is 10.3. The van der Waals surface area contributed by atoms with Crippen LogP contribution in [-0.4, -0.2) is 23.7 Å². The number of hydrogen-bond acceptors (Lipinski definition) is 2. The third-order valence-electron chi connectivity index (χ3n) is 2.13. The lowest BCUT2D eigenvalue weighted by molar-refractivity contribution is -0.138. The molecule has 3 nitrogen and oxygen atoms in total. The second-order valence-electron chi connectivity index (χ2n) is 2.89. The lowest BCUT2D eigenvalue weighted by Crippen LogP contribution is -2.24. The number of hydrogen-bond donors (Lipinski definition) is 2. The predicted octanol–water partition coefficient (Wildman–Crippen LogP) is 0.459. The van der Waals surface area contributed by atoms with Gasteiger partial charge in [-0.25, -0.2) is 0 Å². The van der Waals surface area contributed by atoms with E-state index >= 15 is 0 Å². The fraction of sp³-hybridized carbons (Fsp3) is 0.857. The molecule has 1 aliphatic rings. The van der Waals surface area contributed by atoms with Gasteiger partial charge in [0.1, 0.15) is 0 Å². The van der Waals surface area contributed by atoms with Crippen molar-refractivity contribution in [3.63, 3.8) is 0 Å². The highest BCUT2D eigenvalue weighted by Crippen LogP contribution is 2.18. The minimum absolute atomic E-state index is 0.314. The van der Waals surface area contributed by atoms with Crippen LogP contribution in [0.4, 0.5) is 0 Å². The average molecular weight is 143 g/mol. The summed E-state index contributed by atoms with van der Waals surface area (Å²) in [7, 11) is 0. The first-order valence-electron chi connectivity index (χ1n) is 3.65. The lowest BCUT2D eigenvalue weighted by atomic mass is 9.99. The van der Waals surface area contributed by atoms with Crippen LogP contribution in [0, 0.1) is 5.92 Å². The Bertz CT molecular complexity index is 136. The number of carbonyl (C=O) groups is 1. The Labute approximate surface area is 60.4 Å². The summed E-state index contributed by atoms with van der Waals surface area (Å²) in [5.74, 6) is -0.335. The summed E-state index contributed by atoms with van der Waals surface area (Å²) in [5, 5.41) is 11.7. The molecule has 1 saturated heterocycles. The zero-order chi connectivity index (χ0) is 7.56. The largest absolute Gasteiger partial charge is 0.481 e. The Morgan fingerprint density at radius 3 is 2.90 bits per heavy atom. The summed E-state index contributed by atoms with van der Waals surface area (Å²) in [6.45, 7) is 3.01. The Balaban J connectivity index is 2.33. The van der Waals surface area contributed by atoms with Gasteiger partial charge in [0.25, 0.3) is 0 Å². The van der Waals surface area contributed by atoms with Crippen molar-refractivity contribution in [1.82, 2.24) is 5.32 Å². The molecule has 10 heavy (non-hydrogen) atoms. The highest BCUT2D eigenvalue weighted by atomic mass is 16.4. The number of aliphatic carboxylic acids is 1. The van der Waals surface area contributed by atoms with Crippen molar-refractivity contribution in [1.29, 1.82) is 0 Å². The first-order chi connectivity index (χ1) is 4.70. The van der Waals surface area contributed by atoms with E-state index in [1.807, 2.05) is 6.92 Å². The summed E-state index contributed by atoms with van der Waals surface area (Å²) in [6.07, 6.45) is 1.32. The molecule has 1 aliphatic heterocycles. The number of carboxylic acids is 1. The van der Waals surface area contributed by atoms with Gasteiger partial charge in [0, 0.05) is 12.5 Å². The molecule has 0 bridgehead atoms. The maximum atomic E-state index is 10.3. The molecule has 0 aromatic heterocycles. The minimum Gasteiger partial charge on any atom is -0.481 e. The Morgan fingerprint density at radius 2 is 2.50 bits per heavy atom. The second-order valence-corrected chi connectivity index (χ2v) is 2.89. The zero-order valence-corrected chi connectivity index (χ0v) is 6.13. The van der Waals surface area contributed by atoms with Gasteiger partial charge in [-0.1, -0.05) is 0 Å². The van der Waals surface area contributed by atoms with Gasteiger partial charge >= 0.3 is 5.97 Å². The zero-order valence-electron chi connectivity index (χ0n) is 6.13. The van der Waals surface area contributed by atoms with E-state index in [2.05, 4.69) is 5.32 Å². The third kappa shape index (κ3) is 1.70. The molecule has 0 aromatic rings. The monoisotopic (exact) mass is 143 g/mol. The molecular formula is C7H13NO2. The van der Waals surface area contributed by atoms with Gasteiger partial charge in [-0.3, -0.25) is 4.79 Å². The SMILES string of the molecule is CC1NCCC1CC(=O)O. The van der Waals surface area contributed by atoms with Crippen LogP contribution in [0.15, 0.2) is 0 Å². The van der Waals surface area contributed by atoms with Crippen LogP contribution in [0.5, 0.6) is 0 Å². The van der Waals surface area contributed by atoms with Gasteiger partial charge in [0.05, 0.1) is 0 Å². The fourth-order valence-corrected chi connectivity index (χ4v) is 1.42. The van der Waals surface area contributed by atoms with Crippen molar-refractivity contribution >= 4 is 5.97 Å². The van der Waals surface area contributed by atoms with Gasteiger partial charge < -0.3 is 10.4 Å². The second kappa shape index (κ2) is 3.01. The normalized spacial score (nSPS) is 32.5. The van der Waals surface area contributed by atoms with Gasteiger partial charge in [-0.2, -0.15) is 0 Å². The molecule has 0 radical (unpaired) electrons. The fourth-order valence-electron chi connectivity index (χ4n) is 1.42. The quantitative estimate of drug-likeness (QED) is 0.590. The van der Waals surface area contributed by atoms with Gasteiger partial charge in [0.15, 0.2) is 0 Å². The van der Waals surface area contributed by atoms with Crippen LogP contribution in [0.3, 0.4) is 0 Å². The Kier molecular flexibility index (Phi) is 2.27. The number of nitrogens with one attached hydrogen (secondary N) is 1. The molecule has 0 amide bonds. The molecule has 0 spiro atoms. The van der Waals surface area contributed by atoms with Crippen molar-refractivity contribution in [3.05, 3.63) is 0 Å². The number of rotatable bonds is 2. The topological polar surface area (TPSA) is 49.3 Å². The minimum atomic E-state index is -0.680. The molecule has 1 heterocycles. The lowest BCUT2D eigenvalue weighted by Gasteiger charge is -2.10. The van der Waals surface area contributed by atoms with E-state index in [4.69, 9.17) is 5.11 Å². The van der Waals surface area contributed by atoms with Crippen molar-refractivity contribution in [2.75, 3.05) is 6.54 Å². The summed E-state index contributed by atoms with van der Waals surface area (Å²) in [6, 6.07) is 0.385. The highest BCUT2D eigenvalue weighted by Gasteiger charge is 2.24. The highest BCUT2D eigenvalue weighted by molar-refractivity contribution is 5.67. The maximum Gasteiger partial charge on any atom is 0.303 e. The van der Waals surface area contributed by atoms with Crippen molar-refractivity contribution in [3.8, 4) is 0 Å². The first kappa shape index (κ1) is 7.54. The van der Waals surface area contributed by atoms with Crippen LogP contribution in [0.1, 0.15) is 19.8 Å². The van der Waals surface area contributed by atoms with Crippen LogP contribution >= 0.6 is 0 Å². The smallest absolute Gasteiger partial charge is 0.303 e. The molecule has 2 N–H and O–H groups in total. The van der Waals surface area contributed by atoms with Crippen molar-refractivity contribution in [2.45, 2.75) is 25.8 Å².